The van der Waals surface area contributed by atoms with E-state index in [0.717, 1.165) is 0 Å². The van der Waals surface area contributed by atoms with Gasteiger partial charge in [-0.1, -0.05) is 5.11 Å². The van der Waals surface area contributed by atoms with Crippen LogP contribution in [0, 0.1) is 0 Å². The van der Waals surface area contributed by atoms with E-state index in [4.69, 9.17) is 19.7 Å². The molecule has 0 radical (unpaired) electrons. The van der Waals surface area contributed by atoms with Gasteiger partial charge in [0.05, 0.1) is 31.5 Å². The van der Waals surface area contributed by atoms with Crippen LogP contribution in [0.3, 0.4) is 0 Å². The van der Waals surface area contributed by atoms with Gasteiger partial charge in [0.1, 0.15) is 6.79 Å². The minimum Gasteiger partial charge on any atom is -0.393 e. The highest BCUT2D eigenvalue weighted by molar-refractivity contribution is 4.83. The van der Waals surface area contributed by atoms with Gasteiger partial charge >= 0.3 is 0 Å². The second kappa shape index (κ2) is 6.60. The number of aliphatic hydroxyl groups excluding tert-OH is 1. The van der Waals surface area contributed by atoms with Crippen molar-refractivity contribution in [3.8, 4) is 0 Å². The number of rotatable bonds is 5. The van der Waals surface area contributed by atoms with Crippen LogP contribution in [0.5, 0.6) is 0 Å². The molecule has 1 saturated heterocycles. The lowest BCUT2D eigenvalue weighted by Gasteiger charge is -2.30. The maximum absolute atomic E-state index is 9.60. The first-order valence-corrected chi connectivity index (χ1v) is 4.68. The Balaban J connectivity index is 2.27. The van der Waals surface area contributed by atoms with E-state index in [1.807, 2.05) is 0 Å². The zero-order valence-electron chi connectivity index (χ0n) is 8.57. The van der Waals surface area contributed by atoms with Crippen LogP contribution in [-0.4, -0.2) is 50.5 Å². The molecule has 1 aliphatic heterocycles. The van der Waals surface area contributed by atoms with Gasteiger partial charge in [-0.25, -0.2) is 0 Å². The van der Waals surface area contributed by atoms with Crippen molar-refractivity contribution in [1.29, 1.82) is 0 Å². The molecule has 1 rings (SSSR count). The van der Waals surface area contributed by atoms with Crippen LogP contribution >= 0.6 is 0 Å². The van der Waals surface area contributed by atoms with Crippen LogP contribution in [0.2, 0.25) is 0 Å². The minimum absolute atomic E-state index is 0.166. The van der Waals surface area contributed by atoms with Crippen LogP contribution < -0.4 is 0 Å². The predicted octanol–water partition coefficient (Wildman–Crippen LogP) is 0.436. The zero-order chi connectivity index (χ0) is 11.1. The molecule has 1 aliphatic rings. The molecule has 2 unspecified atom stereocenters. The Kier molecular flexibility index (Phi) is 5.38. The molecule has 7 nitrogen and oxygen atoms in total. The number of nitrogens with zero attached hydrogens (tertiary/aromatic N) is 3. The molecule has 0 amide bonds. The summed E-state index contributed by atoms with van der Waals surface area (Å²) in [6.45, 7) is 0.801. The highest BCUT2D eigenvalue weighted by Gasteiger charge is 2.29. The number of methoxy groups -OCH3 is 1. The van der Waals surface area contributed by atoms with Crippen molar-refractivity contribution < 1.29 is 19.3 Å². The first-order valence-electron chi connectivity index (χ1n) is 4.68. The van der Waals surface area contributed by atoms with E-state index in [2.05, 4.69) is 10.0 Å². The number of azide groups is 1. The standard InChI is InChI=1S/C8H15N3O4/c1-13-5-14-3-6-2-8(12)7(4-15-6)10-11-9/h6-8,12H,2-5H2,1H3/t6-,7?,8?/m0/s1. The van der Waals surface area contributed by atoms with Crippen LogP contribution in [0.1, 0.15) is 6.42 Å². The Morgan fingerprint density at radius 1 is 1.67 bits per heavy atom. The molecule has 15 heavy (non-hydrogen) atoms. The average Bonchev–Trinajstić information content (AvgIpc) is 2.23. The quantitative estimate of drug-likeness (QED) is 0.237. The summed E-state index contributed by atoms with van der Waals surface area (Å²) < 4.78 is 15.2. The van der Waals surface area contributed by atoms with Gasteiger partial charge < -0.3 is 19.3 Å². The molecule has 1 N–H and O–H groups in total. The monoisotopic (exact) mass is 217 g/mol. The Bertz CT molecular complexity index is 232. The van der Waals surface area contributed by atoms with Crippen LogP contribution in [-0.2, 0) is 14.2 Å². The van der Waals surface area contributed by atoms with Gasteiger partial charge in [-0.3, -0.25) is 0 Å². The topological polar surface area (TPSA) is 96.7 Å². The summed E-state index contributed by atoms with van der Waals surface area (Å²) in [7, 11) is 1.54. The highest BCUT2D eigenvalue weighted by Crippen LogP contribution is 2.17. The van der Waals surface area contributed by atoms with Crippen molar-refractivity contribution in [2.75, 3.05) is 27.1 Å². The molecule has 3 atom stereocenters. The van der Waals surface area contributed by atoms with Crippen LogP contribution in [0.25, 0.3) is 10.4 Å². The smallest absolute Gasteiger partial charge is 0.146 e. The van der Waals surface area contributed by atoms with Crippen LogP contribution in [0.4, 0.5) is 0 Å². The summed E-state index contributed by atoms with van der Waals surface area (Å²) >= 11 is 0. The fourth-order valence-electron chi connectivity index (χ4n) is 1.40. The van der Waals surface area contributed by atoms with Gasteiger partial charge in [0.25, 0.3) is 0 Å². The lowest BCUT2D eigenvalue weighted by atomic mass is 10.0. The summed E-state index contributed by atoms with van der Waals surface area (Å²) in [6.07, 6.45) is -0.418. The van der Waals surface area contributed by atoms with Gasteiger partial charge in [-0.15, -0.1) is 0 Å². The van der Waals surface area contributed by atoms with Gasteiger partial charge in [0, 0.05) is 18.4 Å². The van der Waals surface area contributed by atoms with Gasteiger partial charge in [0.2, 0.25) is 0 Å². The summed E-state index contributed by atoms with van der Waals surface area (Å²) in [4.78, 5) is 2.64. The van der Waals surface area contributed by atoms with E-state index in [9.17, 15) is 5.11 Å². The summed E-state index contributed by atoms with van der Waals surface area (Å²) in [5.74, 6) is 0. The Labute approximate surface area is 87.6 Å². The number of aliphatic hydroxyl groups is 1. The molecule has 0 spiro atoms. The number of hydrogen-bond acceptors (Lipinski definition) is 5. The molecule has 1 fully saturated rings. The molecule has 0 aromatic carbocycles. The third-order valence-corrected chi connectivity index (χ3v) is 2.16. The van der Waals surface area contributed by atoms with E-state index in [1.165, 1.54) is 7.11 Å². The zero-order valence-corrected chi connectivity index (χ0v) is 8.57. The predicted molar refractivity (Wildman–Crippen MR) is 51.1 cm³/mol. The number of hydrogen-bond donors (Lipinski definition) is 1. The molecule has 0 saturated carbocycles. The largest absolute Gasteiger partial charge is 0.393 e. The van der Waals surface area contributed by atoms with E-state index in [0.29, 0.717) is 13.0 Å². The Morgan fingerprint density at radius 3 is 3.07 bits per heavy atom. The van der Waals surface area contributed by atoms with Crippen molar-refractivity contribution >= 4 is 0 Å². The number of ether oxygens (including phenoxy) is 3. The van der Waals surface area contributed by atoms with Crippen LogP contribution in [0.15, 0.2) is 5.11 Å². The Hall–Kier alpha value is -0.850. The molecular formula is C8H15N3O4. The SMILES string of the molecule is COCOC[C@@H]1CC(O)C(N=[N+]=[N-])CO1. The second-order valence-electron chi connectivity index (χ2n) is 3.31. The summed E-state index contributed by atoms with van der Waals surface area (Å²) in [6, 6.07) is -0.492. The van der Waals surface area contributed by atoms with E-state index >= 15 is 0 Å². The molecule has 0 aromatic heterocycles. The van der Waals surface area contributed by atoms with Crippen molar-refractivity contribution in [2.45, 2.75) is 24.7 Å². The van der Waals surface area contributed by atoms with Crippen molar-refractivity contribution in [3.05, 3.63) is 10.4 Å². The minimum atomic E-state index is -0.661. The fourth-order valence-corrected chi connectivity index (χ4v) is 1.40. The first kappa shape index (κ1) is 12.2. The second-order valence-corrected chi connectivity index (χ2v) is 3.31. The Morgan fingerprint density at radius 2 is 2.47 bits per heavy atom. The van der Waals surface area contributed by atoms with Crippen molar-refractivity contribution in [2.24, 2.45) is 5.11 Å². The normalized spacial score (nSPS) is 30.9. The van der Waals surface area contributed by atoms with Gasteiger partial charge in [-0.2, -0.15) is 0 Å². The third kappa shape index (κ3) is 4.03. The van der Waals surface area contributed by atoms with E-state index in [-0.39, 0.29) is 19.5 Å². The van der Waals surface area contributed by atoms with E-state index in [1.54, 1.807) is 0 Å². The maximum Gasteiger partial charge on any atom is 0.146 e. The molecule has 0 bridgehead atoms. The molecule has 7 heteroatoms. The van der Waals surface area contributed by atoms with E-state index < -0.39 is 12.1 Å². The summed E-state index contributed by atoms with van der Waals surface area (Å²) in [5.41, 5.74) is 8.23. The van der Waals surface area contributed by atoms with Crippen molar-refractivity contribution in [3.63, 3.8) is 0 Å². The molecule has 0 aromatic rings. The molecule has 1 heterocycles. The lowest BCUT2D eigenvalue weighted by Crippen LogP contribution is -2.41. The fraction of sp³-hybridized carbons (Fsp3) is 1.00. The van der Waals surface area contributed by atoms with Crippen molar-refractivity contribution in [1.82, 2.24) is 0 Å². The maximum atomic E-state index is 9.60. The highest BCUT2D eigenvalue weighted by atomic mass is 16.7. The lowest BCUT2D eigenvalue weighted by molar-refractivity contribution is -0.115. The van der Waals surface area contributed by atoms with Gasteiger partial charge in [-0.05, 0) is 5.53 Å². The molecular weight excluding hydrogens is 202 g/mol. The average molecular weight is 217 g/mol. The van der Waals surface area contributed by atoms with Gasteiger partial charge in [0.15, 0.2) is 0 Å². The first-order chi connectivity index (χ1) is 7.27. The molecule has 86 valence electrons. The third-order valence-electron chi connectivity index (χ3n) is 2.16. The molecule has 0 aliphatic carbocycles. The summed E-state index contributed by atoms with van der Waals surface area (Å²) in [5, 5.41) is 13.0.